The lowest BCUT2D eigenvalue weighted by molar-refractivity contribution is -0.137. The zero-order valence-electron chi connectivity index (χ0n) is 14.6. The Morgan fingerprint density at radius 3 is 2.50 bits per heavy atom. The van der Waals surface area contributed by atoms with Gasteiger partial charge in [-0.15, -0.1) is 11.3 Å². The van der Waals surface area contributed by atoms with Crippen molar-refractivity contribution in [3.63, 3.8) is 0 Å². The molecule has 2 aromatic carbocycles. The number of hydrogen-bond donors (Lipinski definition) is 1. The number of ether oxygens (including phenoxy) is 2. The SMILES string of the molecule is COc1ccc(C(N)=O)c(OCc2csc(-c3ccc(C(F)(F)F)cc3)n2)c1. The standard InChI is InChI=1S/C19H15F3N2O3S/c1-26-14-6-7-15(17(23)25)16(8-14)27-9-13-10-28-18(24-13)11-2-4-12(5-3-11)19(20,21)22/h2-8,10H,9H2,1H3,(H2,23,25). The van der Waals surface area contributed by atoms with Crippen molar-refractivity contribution >= 4 is 17.2 Å². The summed E-state index contributed by atoms with van der Waals surface area (Å²) in [5.74, 6) is 0.126. The molecule has 0 aliphatic rings. The Morgan fingerprint density at radius 1 is 1.18 bits per heavy atom. The van der Waals surface area contributed by atoms with Crippen LogP contribution in [0.2, 0.25) is 0 Å². The van der Waals surface area contributed by atoms with E-state index >= 15 is 0 Å². The molecule has 9 heteroatoms. The van der Waals surface area contributed by atoms with E-state index in [1.165, 1.54) is 36.6 Å². The number of alkyl halides is 3. The van der Waals surface area contributed by atoms with Crippen molar-refractivity contribution < 1.29 is 27.4 Å². The summed E-state index contributed by atoms with van der Waals surface area (Å²) in [4.78, 5) is 15.9. The van der Waals surface area contributed by atoms with Gasteiger partial charge in [0.1, 0.15) is 23.1 Å². The van der Waals surface area contributed by atoms with Crippen LogP contribution in [0.4, 0.5) is 13.2 Å². The number of carbonyl (C=O) groups excluding carboxylic acids is 1. The molecule has 5 nitrogen and oxygen atoms in total. The van der Waals surface area contributed by atoms with Gasteiger partial charge in [0.15, 0.2) is 0 Å². The number of rotatable bonds is 6. The molecule has 3 aromatic rings. The van der Waals surface area contributed by atoms with Gasteiger partial charge in [-0.2, -0.15) is 13.2 Å². The van der Waals surface area contributed by atoms with Gasteiger partial charge in [-0.3, -0.25) is 4.79 Å². The molecule has 0 saturated carbocycles. The summed E-state index contributed by atoms with van der Waals surface area (Å²) >= 11 is 1.28. The van der Waals surface area contributed by atoms with Crippen LogP contribution in [0, 0.1) is 0 Å². The van der Waals surface area contributed by atoms with Crippen LogP contribution in [-0.2, 0) is 12.8 Å². The number of methoxy groups -OCH3 is 1. The van der Waals surface area contributed by atoms with E-state index in [9.17, 15) is 18.0 Å². The van der Waals surface area contributed by atoms with Crippen molar-refractivity contribution in [3.05, 3.63) is 64.7 Å². The third-order valence-electron chi connectivity index (χ3n) is 3.84. The van der Waals surface area contributed by atoms with Crippen LogP contribution in [0.15, 0.2) is 47.8 Å². The Balaban J connectivity index is 1.74. The number of benzene rings is 2. The van der Waals surface area contributed by atoms with Crippen LogP contribution >= 0.6 is 11.3 Å². The highest BCUT2D eigenvalue weighted by Gasteiger charge is 2.30. The van der Waals surface area contributed by atoms with Crippen molar-refractivity contribution in [1.82, 2.24) is 4.98 Å². The number of halogens is 3. The topological polar surface area (TPSA) is 74.4 Å². The number of primary amides is 1. The Kier molecular flexibility index (Phi) is 5.55. The number of hydrogen-bond acceptors (Lipinski definition) is 5. The van der Waals surface area contributed by atoms with E-state index in [4.69, 9.17) is 15.2 Å². The molecule has 1 aromatic heterocycles. The molecule has 2 N–H and O–H groups in total. The van der Waals surface area contributed by atoms with Crippen LogP contribution < -0.4 is 15.2 Å². The summed E-state index contributed by atoms with van der Waals surface area (Å²) in [6.07, 6.45) is -4.38. The van der Waals surface area contributed by atoms with Gasteiger partial charge in [0.2, 0.25) is 0 Å². The lowest BCUT2D eigenvalue weighted by atomic mass is 10.1. The monoisotopic (exact) mass is 408 g/mol. The van der Waals surface area contributed by atoms with Crippen LogP contribution in [0.3, 0.4) is 0 Å². The lowest BCUT2D eigenvalue weighted by Crippen LogP contribution is -2.13. The summed E-state index contributed by atoms with van der Waals surface area (Å²) in [5.41, 5.74) is 5.98. The molecule has 0 atom stereocenters. The number of amides is 1. The third kappa shape index (κ3) is 4.42. The maximum absolute atomic E-state index is 12.7. The number of nitrogens with two attached hydrogens (primary N) is 1. The zero-order valence-corrected chi connectivity index (χ0v) is 15.4. The third-order valence-corrected chi connectivity index (χ3v) is 4.78. The van der Waals surface area contributed by atoms with Crippen molar-refractivity contribution in [2.24, 2.45) is 5.73 Å². The summed E-state index contributed by atoms with van der Waals surface area (Å²) in [6, 6.07) is 9.43. The second-order valence-corrected chi connectivity index (χ2v) is 6.59. The normalized spacial score (nSPS) is 11.3. The molecule has 0 saturated heterocycles. The average molecular weight is 408 g/mol. The van der Waals surface area contributed by atoms with Gasteiger partial charge in [0.25, 0.3) is 5.91 Å². The second-order valence-electron chi connectivity index (χ2n) is 5.73. The Morgan fingerprint density at radius 2 is 1.89 bits per heavy atom. The molecule has 0 aliphatic carbocycles. The Bertz CT molecular complexity index is 985. The molecule has 0 bridgehead atoms. The molecule has 28 heavy (non-hydrogen) atoms. The van der Waals surface area contributed by atoms with Crippen LogP contribution in [0.1, 0.15) is 21.6 Å². The number of thiazole rings is 1. The van der Waals surface area contributed by atoms with E-state index in [1.807, 2.05) is 0 Å². The lowest BCUT2D eigenvalue weighted by Gasteiger charge is -2.10. The fraction of sp³-hybridized carbons (Fsp3) is 0.158. The highest BCUT2D eigenvalue weighted by atomic mass is 32.1. The first-order chi connectivity index (χ1) is 13.3. The predicted octanol–water partition coefficient (Wildman–Crippen LogP) is 4.52. The Hall–Kier alpha value is -3.07. The quantitative estimate of drug-likeness (QED) is 0.651. The molecule has 0 radical (unpaired) electrons. The van der Waals surface area contributed by atoms with E-state index in [2.05, 4.69) is 4.98 Å². The van der Waals surface area contributed by atoms with E-state index in [-0.39, 0.29) is 17.9 Å². The smallest absolute Gasteiger partial charge is 0.416 e. The van der Waals surface area contributed by atoms with E-state index < -0.39 is 17.6 Å². The minimum atomic E-state index is -4.38. The summed E-state index contributed by atoms with van der Waals surface area (Å²) in [5, 5.41) is 2.30. The van der Waals surface area contributed by atoms with Gasteiger partial charge in [0.05, 0.1) is 23.9 Å². The van der Waals surface area contributed by atoms with Gasteiger partial charge in [0, 0.05) is 17.0 Å². The molecule has 1 amide bonds. The fourth-order valence-corrected chi connectivity index (χ4v) is 3.22. The predicted molar refractivity (Wildman–Crippen MR) is 98.4 cm³/mol. The molecule has 146 valence electrons. The van der Waals surface area contributed by atoms with Gasteiger partial charge >= 0.3 is 6.18 Å². The van der Waals surface area contributed by atoms with Crippen molar-refractivity contribution in [2.45, 2.75) is 12.8 Å². The number of nitrogens with zero attached hydrogens (tertiary/aromatic N) is 1. The first kappa shape index (κ1) is 19.7. The summed E-state index contributed by atoms with van der Waals surface area (Å²) in [6.45, 7) is 0.0601. The molecule has 0 aliphatic heterocycles. The van der Waals surface area contributed by atoms with E-state index in [0.717, 1.165) is 12.1 Å². The summed E-state index contributed by atoms with van der Waals surface area (Å²) in [7, 11) is 1.49. The second kappa shape index (κ2) is 7.89. The minimum Gasteiger partial charge on any atom is -0.497 e. The Labute approximate surface area is 162 Å². The van der Waals surface area contributed by atoms with Gasteiger partial charge < -0.3 is 15.2 Å². The molecule has 3 rings (SSSR count). The first-order valence-electron chi connectivity index (χ1n) is 8.00. The van der Waals surface area contributed by atoms with E-state index in [0.29, 0.717) is 22.0 Å². The van der Waals surface area contributed by atoms with Gasteiger partial charge in [-0.05, 0) is 24.3 Å². The van der Waals surface area contributed by atoms with Crippen LogP contribution in [-0.4, -0.2) is 18.0 Å². The molecule has 0 unspecified atom stereocenters. The fourth-order valence-electron chi connectivity index (χ4n) is 2.41. The number of aromatic nitrogens is 1. The van der Waals surface area contributed by atoms with Crippen LogP contribution in [0.5, 0.6) is 11.5 Å². The molecular formula is C19H15F3N2O3S. The zero-order chi connectivity index (χ0) is 20.3. The highest BCUT2D eigenvalue weighted by molar-refractivity contribution is 7.13. The molecular weight excluding hydrogens is 393 g/mol. The maximum atomic E-state index is 12.7. The molecule has 0 fully saturated rings. The van der Waals surface area contributed by atoms with Gasteiger partial charge in [-0.25, -0.2) is 4.98 Å². The molecule has 1 heterocycles. The maximum Gasteiger partial charge on any atom is 0.416 e. The highest BCUT2D eigenvalue weighted by Crippen LogP contribution is 2.32. The van der Waals surface area contributed by atoms with Crippen molar-refractivity contribution in [3.8, 4) is 22.1 Å². The van der Waals surface area contributed by atoms with Gasteiger partial charge in [-0.1, -0.05) is 12.1 Å². The number of carbonyl (C=O) groups is 1. The van der Waals surface area contributed by atoms with Crippen molar-refractivity contribution in [2.75, 3.05) is 7.11 Å². The molecule has 0 spiro atoms. The average Bonchev–Trinajstić information content (AvgIpc) is 3.14. The summed E-state index contributed by atoms with van der Waals surface area (Å²) < 4.78 is 48.7. The first-order valence-corrected chi connectivity index (χ1v) is 8.88. The van der Waals surface area contributed by atoms with Crippen molar-refractivity contribution in [1.29, 1.82) is 0 Å². The van der Waals surface area contributed by atoms with E-state index in [1.54, 1.807) is 17.5 Å². The largest absolute Gasteiger partial charge is 0.497 e. The van der Waals surface area contributed by atoms with Crippen LogP contribution in [0.25, 0.3) is 10.6 Å². The minimum absolute atomic E-state index is 0.0601.